The van der Waals surface area contributed by atoms with Gasteiger partial charge in [0.2, 0.25) is 16.4 Å². The number of nitrogens with one attached hydrogen (secondary N) is 1. The van der Waals surface area contributed by atoms with Crippen LogP contribution in [0.5, 0.6) is 0 Å². The average Bonchev–Trinajstić information content (AvgIpc) is 3.39. The molecule has 0 atom stereocenters. The summed E-state index contributed by atoms with van der Waals surface area (Å²) < 4.78 is 74.6. The number of hydrogen-bond donors (Lipinski definition) is 1. The Bertz CT molecular complexity index is 1120. The Balaban J connectivity index is 0.000000656. The number of amides is 2. The molecule has 0 aromatic heterocycles. The highest BCUT2D eigenvalue weighted by molar-refractivity contribution is 7.89. The lowest BCUT2D eigenvalue weighted by molar-refractivity contribution is -0.137. The smallest absolute Gasteiger partial charge is 0.354 e. The molecule has 1 fully saturated rings. The Labute approximate surface area is 210 Å². The third-order valence-corrected chi connectivity index (χ3v) is 6.82. The molecule has 36 heavy (non-hydrogen) atoms. The molecule has 1 heterocycles. The first kappa shape index (κ1) is 31.0. The number of rotatable bonds is 6. The molecule has 12 heteroatoms. The average molecular weight is 536 g/mol. The van der Waals surface area contributed by atoms with Crippen LogP contribution in [0.15, 0.2) is 47.4 Å². The third-order valence-electron chi connectivity index (χ3n) is 5.01. The van der Waals surface area contributed by atoms with E-state index in [4.69, 9.17) is 0 Å². The molecule has 202 valence electrons. The predicted octanol–water partition coefficient (Wildman–Crippen LogP) is 4.54. The van der Waals surface area contributed by atoms with Gasteiger partial charge in [0.05, 0.1) is 10.5 Å². The minimum Gasteiger partial charge on any atom is -0.354 e. The van der Waals surface area contributed by atoms with Crippen LogP contribution in [0.25, 0.3) is 0 Å². The highest BCUT2D eigenvalue weighted by Crippen LogP contribution is 2.30. The fourth-order valence-corrected chi connectivity index (χ4v) is 4.07. The van der Waals surface area contributed by atoms with E-state index in [1.807, 2.05) is 13.8 Å². The molecule has 1 saturated heterocycles. The van der Waals surface area contributed by atoms with E-state index < -0.39 is 27.6 Å². The number of benzene rings is 2. The zero-order chi connectivity index (χ0) is 27.5. The van der Waals surface area contributed by atoms with Crippen LogP contribution in [0.2, 0.25) is 0 Å². The van der Waals surface area contributed by atoms with Crippen LogP contribution in [0, 0.1) is 5.82 Å². The summed E-state index contributed by atoms with van der Waals surface area (Å²) in [7, 11) is -0.541. The van der Waals surface area contributed by atoms with Gasteiger partial charge in [-0.3, -0.25) is 9.59 Å². The Morgan fingerprint density at radius 2 is 1.72 bits per heavy atom. The van der Waals surface area contributed by atoms with Crippen molar-refractivity contribution in [2.45, 2.75) is 44.3 Å². The zero-order valence-electron chi connectivity index (χ0n) is 20.6. The molecule has 0 aliphatic carbocycles. The molecule has 0 bridgehead atoms. The number of sulfonamides is 1. The van der Waals surface area contributed by atoms with Crippen molar-refractivity contribution in [3.63, 3.8) is 0 Å². The fourth-order valence-electron chi connectivity index (χ4n) is 3.12. The number of likely N-dealkylation sites (tertiary alicyclic amines) is 1. The molecule has 1 aliphatic heterocycles. The Morgan fingerprint density at radius 1 is 1.11 bits per heavy atom. The number of nitrogens with zero attached hydrogens (tertiary/aromatic N) is 2. The number of halogens is 4. The van der Waals surface area contributed by atoms with E-state index in [1.54, 1.807) is 17.0 Å². The molecule has 0 saturated carbocycles. The van der Waals surface area contributed by atoms with Crippen LogP contribution in [-0.2, 0) is 27.5 Å². The molecule has 2 aromatic carbocycles. The molecular formula is C24H33F4N3O4S. The number of carbonyl (C=O) groups is 2. The first-order valence-corrected chi connectivity index (χ1v) is 12.7. The van der Waals surface area contributed by atoms with Crippen molar-refractivity contribution in [3.8, 4) is 0 Å². The lowest BCUT2D eigenvalue weighted by Gasteiger charge is -2.16. The van der Waals surface area contributed by atoms with Crippen LogP contribution in [0.3, 0.4) is 0 Å². The zero-order valence-corrected chi connectivity index (χ0v) is 21.4. The minimum absolute atomic E-state index is 0. The molecule has 0 unspecified atom stereocenters. The number of hydrogen-bond acceptors (Lipinski definition) is 4. The summed E-state index contributed by atoms with van der Waals surface area (Å²) in [6.07, 6.45) is -2.18. The van der Waals surface area contributed by atoms with Gasteiger partial charge in [0, 0.05) is 46.3 Å². The van der Waals surface area contributed by atoms with E-state index in [1.165, 1.54) is 26.2 Å². The lowest BCUT2D eigenvalue weighted by Crippen LogP contribution is -2.28. The normalized spacial score (nSPS) is 13.3. The largest absolute Gasteiger partial charge is 0.416 e. The molecule has 2 amide bonds. The van der Waals surface area contributed by atoms with E-state index in [-0.39, 0.29) is 24.3 Å². The Morgan fingerprint density at radius 3 is 2.22 bits per heavy atom. The summed E-state index contributed by atoms with van der Waals surface area (Å²) in [5, 5.41) is 2.16. The summed E-state index contributed by atoms with van der Waals surface area (Å²) in [5.74, 6) is -1.08. The quantitative estimate of drug-likeness (QED) is 0.435. The summed E-state index contributed by atoms with van der Waals surface area (Å²) in [5.41, 5.74) is -0.602. The molecule has 1 aliphatic rings. The van der Waals surface area contributed by atoms with Gasteiger partial charge in [0.15, 0.2) is 0 Å². The van der Waals surface area contributed by atoms with Gasteiger partial charge in [-0.1, -0.05) is 26.0 Å². The van der Waals surface area contributed by atoms with Gasteiger partial charge in [-0.05, 0) is 43.2 Å². The van der Waals surface area contributed by atoms with Gasteiger partial charge in [-0.15, -0.1) is 0 Å². The standard InChI is InChI=1S/C13H18N2O3S.C9H7F4NO.C2H6.H2/c1-14(2)19(17,18)12-7-5-6-11(10-12)13(16)15-8-3-4-9-15;10-8-3-7(9(11,12)13)2-1-6(8)4-14-5-15;1-2;/h5-7,10H,3-4,8-9H2,1-2H3;1-3,5H,4H2,(H,14,15);1-2H3;1H. The SMILES string of the molecule is CC.CN(C)S(=O)(=O)c1cccc(C(=O)N2CCCC2)c1.O=CNCc1ccc(C(F)(F)F)cc1F.[HH]. The van der Waals surface area contributed by atoms with Crippen molar-refractivity contribution in [2.75, 3.05) is 27.2 Å². The van der Waals surface area contributed by atoms with Crippen molar-refractivity contribution in [1.29, 1.82) is 0 Å². The second-order valence-electron chi connectivity index (χ2n) is 7.62. The minimum atomic E-state index is -4.56. The highest BCUT2D eigenvalue weighted by atomic mass is 32.2. The van der Waals surface area contributed by atoms with Gasteiger partial charge < -0.3 is 10.2 Å². The van der Waals surface area contributed by atoms with Gasteiger partial charge in [-0.25, -0.2) is 17.1 Å². The van der Waals surface area contributed by atoms with Crippen LogP contribution in [0.4, 0.5) is 17.6 Å². The van der Waals surface area contributed by atoms with E-state index in [0.717, 1.165) is 42.4 Å². The van der Waals surface area contributed by atoms with Gasteiger partial charge in [-0.2, -0.15) is 13.2 Å². The molecule has 0 spiro atoms. The summed E-state index contributed by atoms with van der Waals surface area (Å²) in [4.78, 5) is 24.0. The summed E-state index contributed by atoms with van der Waals surface area (Å²) >= 11 is 0. The van der Waals surface area contributed by atoms with Crippen molar-refractivity contribution in [3.05, 3.63) is 65.0 Å². The molecule has 3 rings (SSSR count). The maximum atomic E-state index is 13.0. The monoisotopic (exact) mass is 535 g/mol. The third kappa shape index (κ3) is 8.59. The summed E-state index contributed by atoms with van der Waals surface area (Å²) in [6, 6.07) is 8.41. The molecule has 7 nitrogen and oxygen atoms in total. The van der Waals surface area contributed by atoms with E-state index in [9.17, 15) is 35.6 Å². The number of alkyl halides is 3. The Hall–Kier alpha value is -2.99. The van der Waals surface area contributed by atoms with Crippen LogP contribution < -0.4 is 5.32 Å². The molecule has 0 radical (unpaired) electrons. The van der Waals surface area contributed by atoms with Crippen molar-refractivity contribution in [2.24, 2.45) is 0 Å². The molecular weight excluding hydrogens is 502 g/mol. The summed E-state index contributed by atoms with van der Waals surface area (Å²) in [6.45, 7) is 5.38. The van der Waals surface area contributed by atoms with Crippen LogP contribution in [0.1, 0.15) is 49.6 Å². The lowest BCUT2D eigenvalue weighted by atomic mass is 10.1. The Kier molecular flexibility index (Phi) is 12.0. The topological polar surface area (TPSA) is 86.8 Å². The maximum absolute atomic E-state index is 13.0. The van der Waals surface area contributed by atoms with Crippen LogP contribution in [-0.4, -0.2) is 57.1 Å². The molecule has 2 aromatic rings. The van der Waals surface area contributed by atoms with Gasteiger partial charge >= 0.3 is 6.18 Å². The van der Waals surface area contributed by atoms with Crippen molar-refractivity contribution >= 4 is 22.3 Å². The van der Waals surface area contributed by atoms with Crippen molar-refractivity contribution < 1.29 is 37.0 Å². The van der Waals surface area contributed by atoms with Crippen LogP contribution >= 0.6 is 0 Å². The fraction of sp³-hybridized carbons (Fsp3) is 0.417. The van der Waals surface area contributed by atoms with E-state index >= 15 is 0 Å². The van der Waals surface area contributed by atoms with Crippen molar-refractivity contribution in [1.82, 2.24) is 14.5 Å². The maximum Gasteiger partial charge on any atom is 0.416 e. The van der Waals surface area contributed by atoms with Gasteiger partial charge in [0.25, 0.3) is 5.91 Å². The first-order chi connectivity index (χ1) is 16.9. The number of carbonyl (C=O) groups excluding carboxylic acids is 2. The second-order valence-corrected chi connectivity index (χ2v) is 9.77. The van der Waals surface area contributed by atoms with E-state index in [2.05, 4.69) is 5.32 Å². The van der Waals surface area contributed by atoms with E-state index in [0.29, 0.717) is 18.0 Å². The molecule has 1 N–H and O–H groups in total. The first-order valence-electron chi connectivity index (χ1n) is 11.2. The highest BCUT2D eigenvalue weighted by Gasteiger charge is 2.31. The van der Waals surface area contributed by atoms with Gasteiger partial charge in [0.1, 0.15) is 5.82 Å². The second kappa shape index (κ2) is 13.9. The predicted molar refractivity (Wildman–Crippen MR) is 130 cm³/mol.